The van der Waals surface area contributed by atoms with Gasteiger partial charge in [-0.05, 0) is 25.0 Å². The van der Waals surface area contributed by atoms with E-state index in [4.69, 9.17) is 0 Å². The molecule has 3 rings (SSSR count). The Bertz CT molecular complexity index is 879. The van der Waals surface area contributed by atoms with Crippen molar-refractivity contribution in [1.82, 2.24) is 10.2 Å². The minimum Gasteiger partial charge on any atom is -0.304 e. The molecule has 2 heterocycles. The summed E-state index contributed by atoms with van der Waals surface area (Å²) in [6, 6.07) is 4.46. The van der Waals surface area contributed by atoms with Gasteiger partial charge in [-0.25, -0.2) is 17.2 Å². The Morgan fingerprint density at radius 1 is 1.36 bits per heavy atom. The molecule has 2 aromatic heterocycles. The monoisotopic (exact) mass is 389 g/mol. The van der Waals surface area contributed by atoms with E-state index < -0.39 is 21.7 Å². The van der Waals surface area contributed by atoms with Crippen LogP contribution in [0.15, 0.2) is 22.4 Å². The van der Waals surface area contributed by atoms with E-state index in [2.05, 4.69) is 15.5 Å². The molecule has 0 atom stereocenters. The fourth-order valence-corrected chi connectivity index (χ4v) is 4.60. The van der Waals surface area contributed by atoms with Crippen LogP contribution in [0.2, 0.25) is 0 Å². The molecule has 1 saturated carbocycles. The molecule has 0 spiro atoms. The molecule has 1 aliphatic rings. The molecule has 0 aliphatic heterocycles. The third-order valence-corrected chi connectivity index (χ3v) is 7.07. The summed E-state index contributed by atoms with van der Waals surface area (Å²) < 4.78 is 49.5. The maximum absolute atomic E-state index is 13.2. The standard InChI is InChI=1S/C15H17F2N3O3S2/c1-25(22,23)13-3-2-11(24-13)14(21)18-12-8-10(19-20-12)9-4-6-15(16,17)7-5-9/h2-3,8-9H,4-7H2,1H3,(H2,18,19,20,21). The molecule has 0 aromatic carbocycles. The summed E-state index contributed by atoms with van der Waals surface area (Å²) in [6.45, 7) is 0. The normalized spacial score (nSPS) is 18.2. The van der Waals surface area contributed by atoms with Gasteiger partial charge in [0.25, 0.3) is 5.91 Å². The highest BCUT2D eigenvalue weighted by atomic mass is 32.2. The van der Waals surface area contributed by atoms with Crippen LogP contribution in [-0.4, -0.2) is 36.7 Å². The summed E-state index contributed by atoms with van der Waals surface area (Å²) in [5.74, 6) is -2.81. The summed E-state index contributed by atoms with van der Waals surface area (Å²) in [5, 5.41) is 9.36. The van der Waals surface area contributed by atoms with Gasteiger partial charge in [0.1, 0.15) is 4.21 Å². The van der Waals surface area contributed by atoms with Crippen molar-refractivity contribution in [3.63, 3.8) is 0 Å². The molecule has 136 valence electrons. The number of nitrogens with zero attached hydrogens (tertiary/aromatic N) is 1. The van der Waals surface area contributed by atoms with Crippen molar-refractivity contribution in [2.75, 3.05) is 11.6 Å². The van der Waals surface area contributed by atoms with Crippen LogP contribution < -0.4 is 5.32 Å². The minimum atomic E-state index is -3.35. The fourth-order valence-electron chi connectivity index (χ4n) is 2.78. The van der Waals surface area contributed by atoms with Gasteiger partial charge in [-0.3, -0.25) is 9.89 Å². The van der Waals surface area contributed by atoms with Gasteiger partial charge in [-0.1, -0.05) is 0 Å². The molecule has 25 heavy (non-hydrogen) atoms. The zero-order valence-electron chi connectivity index (χ0n) is 13.4. The number of hydrogen-bond donors (Lipinski definition) is 2. The first-order valence-corrected chi connectivity index (χ1v) is 10.4. The largest absolute Gasteiger partial charge is 0.304 e. The van der Waals surface area contributed by atoms with Crippen LogP contribution in [0, 0.1) is 0 Å². The van der Waals surface area contributed by atoms with E-state index in [9.17, 15) is 22.0 Å². The van der Waals surface area contributed by atoms with E-state index in [-0.39, 0.29) is 33.7 Å². The molecule has 6 nitrogen and oxygen atoms in total. The molecular formula is C15H17F2N3O3S2. The molecule has 0 saturated heterocycles. The number of halogens is 2. The third-order valence-electron chi connectivity index (χ3n) is 4.17. The molecule has 1 amide bonds. The van der Waals surface area contributed by atoms with Crippen molar-refractivity contribution in [3.8, 4) is 0 Å². The molecule has 0 radical (unpaired) electrons. The van der Waals surface area contributed by atoms with Gasteiger partial charge in [0, 0.05) is 36.8 Å². The average molecular weight is 389 g/mol. The number of H-pyrrole nitrogens is 1. The number of nitrogens with one attached hydrogen (secondary N) is 2. The lowest BCUT2D eigenvalue weighted by atomic mass is 9.85. The van der Waals surface area contributed by atoms with Crippen molar-refractivity contribution in [2.45, 2.75) is 41.7 Å². The van der Waals surface area contributed by atoms with E-state index in [0.717, 1.165) is 17.6 Å². The van der Waals surface area contributed by atoms with E-state index in [0.29, 0.717) is 18.5 Å². The van der Waals surface area contributed by atoms with Crippen LogP contribution in [0.4, 0.5) is 14.6 Å². The van der Waals surface area contributed by atoms with Gasteiger partial charge in [0.15, 0.2) is 15.7 Å². The smallest absolute Gasteiger partial charge is 0.266 e. The Kier molecular flexibility index (Phi) is 4.67. The number of sulfone groups is 1. The van der Waals surface area contributed by atoms with Crippen LogP contribution in [0.1, 0.15) is 47.0 Å². The number of alkyl halides is 2. The zero-order valence-corrected chi connectivity index (χ0v) is 15.0. The Labute approximate surface area is 147 Å². The zero-order chi connectivity index (χ0) is 18.2. The van der Waals surface area contributed by atoms with Gasteiger partial charge in [-0.2, -0.15) is 5.10 Å². The lowest BCUT2D eigenvalue weighted by molar-refractivity contribution is -0.0384. The second-order valence-corrected chi connectivity index (χ2v) is 9.51. The maximum Gasteiger partial charge on any atom is 0.266 e. The molecule has 1 fully saturated rings. The molecule has 0 bridgehead atoms. The van der Waals surface area contributed by atoms with Crippen molar-refractivity contribution < 1.29 is 22.0 Å². The molecule has 1 aliphatic carbocycles. The Balaban J connectivity index is 1.65. The molecular weight excluding hydrogens is 372 g/mol. The number of aromatic nitrogens is 2. The number of aromatic amines is 1. The molecule has 2 aromatic rings. The van der Waals surface area contributed by atoms with E-state index in [1.165, 1.54) is 12.1 Å². The second-order valence-electron chi connectivity index (χ2n) is 6.18. The van der Waals surface area contributed by atoms with Crippen LogP contribution >= 0.6 is 11.3 Å². The summed E-state index contributed by atoms with van der Waals surface area (Å²) >= 11 is 0.880. The number of anilines is 1. The van der Waals surface area contributed by atoms with E-state index >= 15 is 0 Å². The summed E-state index contributed by atoms with van der Waals surface area (Å²) in [5.41, 5.74) is 0.716. The number of hydrogen-bond acceptors (Lipinski definition) is 5. The lowest BCUT2D eigenvalue weighted by Crippen LogP contribution is -2.23. The SMILES string of the molecule is CS(=O)(=O)c1ccc(C(=O)Nc2cc(C3CCC(F)(F)CC3)[nH]n2)s1. The fraction of sp³-hybridized carbons (Fsp3) is 0.467. The molecule has 10 heteroatoms. The van der Waals surface area contributed by atoms with Gasteiger partial charge in [0.05, 0.1) is 4.88 Å². The summed E-state index contributed by atoms with van der Waals surface area (Å²) in [4.78, 5) is 12.4. The Morgan fingerprint density at radius 2 is 2.04 bits per heavy atom. The van der Waals surface area contributed by atoms with Crippen molar-refractivity contribution in [2.24, 2.45) is 0 Å². The highest BCUT2D eigenvalue weighted by Gasteiger charge is 2.36. The molecule has 0 unspecified atom stereocenters. The van der Waals surface area contributed by atoms with E-state index in [1.807, 2.05) is 0 Å². The lowest BCUT2D eigenvalue weighted by Gasteiger charge is -2.27. The number of rotatable bonds is 4. The van der Waals surface area contributed by atoms with Crippen molar-refractivity contribution in [3.05, 3.63) is 28.8 Å². The Hall–Kier alpha value is -1.81. The average Bonchev–Trinajstić information content (AvgIpc) is 3.15. The molecule has 2 N–H and O–H groups in total. The summed E-state index contributed by atoms with van der Waals surface area (Å²) in [7, 11) is -3.35. The highest BCUT2D eigenvalue weighted by Crippen LogP contribution is 2.40. The van der Waals surface area contributed by atoms with Crippen LogP contribution in [0.5, 0.6) is 0 Å². The first-order chi connectivity index (χ1) is 11.6. The first-order valence-electron chi connectivity index (χ1n) is 7.68. The van der Waals surface area contributed by atoms with Crippen molar-refractivity contribution >= 4 is 32.9 Å². The predicted molar refractivity (Wildman–Crippen MR) is 90.1 cm³/mol. The number of amides is 1. The second kappa shape index (κ2) is 6.49. The van der Waals surface area contributed by atoms with Crippen molar-refractivity contribution in [1.29, 1.82) is 0 Å². The number of carbonyl (C=O) groups excluding carboxylic acids is 1. The number of thiophene rings is 1. The quantitative estimate of drug-likeness (QED) is 0.838. The maximum atomic E-state index is 13.2. The van der Waals surface area contributed by atoms with Gasteiger partial charge >= 0.3 is 0 Å². The Morgan fingerprint density at radius 3 is 2.64 bits per heavy atom. The predicted octanol–water partition coefficient (Wildman–Crippen LogP) is 3.42. The van der Waals surface area contributed by atoms with E-state index in [1.54, 1.807) is 6.07 Å². The van der Waals surface area contributed by atoms with Gasteiger partial charge < -0.3 is 5.32 Å². The van der Waals surface area contributed by atoms with Gasteiger partial charge in [0.2, 0.25) is 5.92 Å². The van der Waals surface area contributed by atoms with Gasteiger partial charge in [-0.15, -0.1) is 11.3 Å². The topological polar surface area (TPSA) is 91.9 Å². The summed E-state index contributed by atoms with van der Waals surface area (Å²) in [6.07, 6.45) is 1.51. The van der Waals surface area contributed by atoms with Crippen LogP contribution in [0.25, 0.3) is 0 Å². The first kappa shape index (κ1) is 18.0. The highest BCUT2D eigenvalue weighted by molar-refractivity contribution is 7.92. The minimum absolute atomic E-state index is 0.0312. The number of carbonyl (C=O) groups is 1. The van der Waals surface area contributed by atoms with Crippen LogP contribution in [-0.2, 0) is 9.84 Å². The van der Waals surface area contributed by atoms with Crippen LogP contribution in [0.3, 0.4) is 0 Å². The third kappa shape index (κ3) is 4.24.